The quantitative estimate of drug-likeness (QED) is 0.530. The second-order valence-corrected chi connectivity index (χ2v) is 6.92. The Morgan fingerprint density at radius 2 is 1.96 bits per heavy atom. The molecular weight excluding hydrogens is 416 g/mol. The van der Waals surface area contributed by atoms with E-state index >= 15 is 0 Å². The van der Waals surface area contributed by atoms with E-state index in [4.69, 9.17) is 15.2 Å². The molecule has 0 aliphatic rings. The van der Waals surface area contributed by atoms with Gasteiger partial charge in [0.25, 0.3) is 11.7 Å². The van der Waals surface area contributed by atoms with Crippen LogP contribution >= 0.6 is 0 Å². The van der Waals surface area contributed by atoms with Crippen LogP contribution in [0.5, 0.6) is 5.75 Å². The predicted octanol–water partition coefficient (Wildman–Crippen LogP) is -1.53. The molecule has 0 aliphatic carbocycles. The summed E-state index contributed by atoms with van der Waals surface area (Å²) in [6.07, 6.45) is -0.520. The van der Waals surface area contributed by atoms with Crippen molar-refractivity contribution in [3.63, 3.8) is 0 Å². The zero-order valence-corrected chi connectivity index (χ0v) is 17.9. The summed E-state index contributed by atoms with van der Waals surface area (Å²) in [5.74, 6) is 1.00. The van der Waals surface area contributed by atoms with Gasteiger partial charge in [0.1, 0.15) is 17.9 Å². The number of carbonyl (C=O) groups excluding carboxylic acids is 2. The zero-order chi connectivity index (χ0) is 19.5. The standard InChI is InChI=1S/C18H26N4O4.BrH/c1-6-21-14-9-12(25-5)7-8-13(14)22(11-15(19)23)16(21)10-20-17(24)26-18(2,3)4;/h7-9H,6,10-11H2,1-5H3,(H2-,19,20,23,24);1H. The number of rotatable bonds is 6. The minimum Gasteiger partial charge on any atom is -1.00 e. The Morgan fingerprint density at radius 1 is 1.30 bits per heavy atom. The first-order valence-electron chi connectivity index (χ1n) is 8.50. The van der Waals surface area contributed by atoms with Crippen LogP contribution in [0.2, 0.25) is 0 Å². The summed E-state index contributed by atoms with van der Waals surface area (Å²) >= 11 is 0. The lowest BCUT2D eigenvalue weighted by atomic mass is 10.2. The van der Waals surface area contributed by atoms with Crippen LogP contribution in [0.25, 0.3) is 11.0 Å². The second kappa shape index (κ2) is 9.07. The van der Waals surface area contributed by atoms with Gasteiger partial charge in [0, 0.05) is 6.07 Å². The van der Waals surface area contributed by atoms with Gasteiger partial charge < -0.3 is 37.5 Å². The first-order chi connectivity index (χ1) is 12.2. The van der Waals surface area contributed by atoms with Gasteiger partial charge in [-0.2, -0.15) is 0 Å². The Kier molecular flexibility index (Phi) is 7.65. The number of nitrogens with zero attached hydrogens (tertiary/aromatic N) is 2. The number of hydrogen-bond donors (Lipinski definition) is 2. The van der Waals surface area contributed by atoms with E-state index in [0.29, 0.717) is 12.3 Å². The Hall–Kier alpha value is -2.29. The van der Waals surface area contributed by atoms with E-state index in [1.807, 2.05) is 29.7 Å². The highest BCUT2D eigenvalue weighted by molar-refractivity contribution is 5.77. The maximum Gasteiger partial charge on any atom is 0.408 e. The van der Waals surface area contributed by atoms with Crippen molar-refractivity contribution in [2.45, 2.75) is 52.9 Å². The van der Waals surface area contributed by atoms with E-state index in [1.54, 1.807) is 32.4 Å². The molecule has 9 heteroatoms. The van der Waals surface area contributed by atoms with Crippen molar-refractivity contribution < 1.29 is 40.6 Å². The number of aryl methyl sites for hydroxylation is 1. The molecule has 0 bridgehead atoms. The van der Waals surface area contributed by atoms with Crippen molar-refractivity contribution in [1.82, 2.24) is 9.88 Å². The maximum absolute atomic E-state index is 12.0. The largest absolute Gasteiger partial charge is 1.00 e. The van der Waals surface area contributed by atoms with E-state index in [2.05, 4.69) is 5.32 Å². The van der Waals surface area contributed by atoms with Crippen LogP contribution in [-0.4, -0.2) is 29.3 Å². The lowest BCUT2D eigenvalue weighted by Gasteiger charge is -2.19. The highest BCUT2D eigenvalue weighted by Gasteiger charge is 2.27. The van der Waals surface area contributed by atoms with E-state index in [0.717, 1.165) is 16.9 Å². The van der Waals surface area contributed by atoms with E-state index in [1.165, 1.54) is 0 Å². The number of nitrogens with one attached hydrogen (secondary N) is 1. The first kappa shape index (κ1) is 22.8. The van der Waals surface area contributed by atoms with E-state index in [9.17, 15) is 9.59 Å². The van der Waals surface area contributed by atoms with Gasteiger partial charge in [-0.15, -0.1) is 0 Å². The van der Waals surface area contributed by atoms with Crippen LogP contribution in [0.1, 0.15) is 33.5 Å². The van der Waals surface area contributed by atoms with E-state index < -0.39 is 17.6 Å². The molecule has 3 N–H and O–H groups in total. The molecule has 0 atom stereocenters. The highest BCUT2D eigenvalue weighted by Crippen LogP contribution is 2.21. The SMILES string of the molecule is CCn1c(CNC(=O)OC(C)(C)C)[n+](CC(N)=O)c2ccc(OC)cc21.[Br-]. The molecule has 2 rings (SSSR count). The second-order valence-electron chi connectivity index (χ2n) is 6.92. The Labute approximate surface area is 169 Å². The third-order valence-electron chi connectivity index (χ3n) is 3.81. The fourth-order valence-corrected chi connectivity index (χ4v) is 2.84. The Balaban J connectivity index is 0.00000364. The van der Waals surface area contributed by atoms with Gasteiger partial charge in [-0.05, 0) is 39.8 Å². The van der Waals surface area contributed by atoms with Crippen LogP contribution in [0.3, 0.4) is 0 Å². The smallest absolute Gasteiger partial charge is 0.408 e. The number of imidazole rings is 1. The molecule has 2 aromatic rings. The van der Waals surface area contributed by atoms with Crippen LogP contribution < -0.4 is 37.3 Å². The average Bonchev–Trinajstić information content (AvgIpc) is 2.82. The fourth-order valence-electron chi connectivity index (χ4n) is 2.84. The number of nitrogens with two attached hydrogens (primary N) is 1. The molecule has 0 saturated carbocycles. The minimum atomic E-state index is -0.585. The Bertz CT molecular complexity index is 827. The summed E-state index contributed by atoms with van der Waals surface area (Å²) in [5, 5.41) is 2.75. The molecule has 8 nitrogen and oxygen atoms in total. The molecule has 1 aromatic carbocycles. The molecule has 0 radical (unpaired) electrons. The Morgan fingerprint density at radius 3 is 2.48 bits per heavy atom. The third-order valence-corrected chi connectivity index (χ3v) is 3.81. The van der Waals surface area contributed by atoms with Crippen molar-refractivity contribution in [3.8, 4) is 5.75 Å². The van der Waals surface area contributed by atoms with Crippen molar-refractivity contribution in [2.24, 2.45) is 5.73 Å². The molecule has 1 heterocycles. The molecule has 0 fully saturated rings. The van der Waals surface area contributed by atoms with Crippen LogP contribution in [0.15, 0.2) is 18.2 Å². The highest BCUT2D eigenvalue weighted by atomic mass is 79.9. The van der Waals surface area contributed by atoms with Crippen molar-refractivity contribution in [1.29, 1.82) is 0 Å². The van der Waals surface area contributed by atoms with Gasteiger partial charge in [-0.1, -0.05) is 0 Å². The molecule has 0 unspecified atom stereocenters. The molecule has 0 saturated heterocycles. The van der Waals surface area contributed by atoms with Crippen LogP contribution in [0.4, 0.5) is 4.79 Å². The summed E-state index contributed by atoms with van der Waals surface area (Å²) in [6, 6.07) is 5.60. The van der Waals surface area contributed by atoms with Gasteiger partial charge in [0.15, 0.2) is 17.6 Å². The number of halogens is 1. The molecule has 0 spiro atoms. The monoisotopic (exact) mass is 442 g/mol. The summed E-state index contributed by atoms with van der Waals surface area (Å²) < 4.78 is 14.4. The van der Waals surface area contributed by atoms with Crippen LogP contribution in [0, 0.1) is 0 Å². The van der Waals surface area contributed by atoms with Gasteiger partial charge in [-0.3, -0.25) is 4.79 Å². The molecule has 1 aromatic heterocycles. The summed E-state index contributed by atoms with van der Waals surface area (Å²) in [4.78, 5) is 23.6. The molecular formula is C18H27BrN4O4. The number of aromatic nitrogens is 2. The predicted molar refractivity (Wildman–Crippen MR) is 96.6 cm³/mol. The van der Waals surface area contributed by atoms with E-state index in [-0.39, 0.29) is 30.1 Å². The molecule has 0 aliphatic heterocycles. The number of ether oxygens (including phenoxy) is 2. The molecule has 2 amide bonds. The van der Waals surface area contributed by atoms with Crippen molar-refractivity contribution in [3.05, 3.63) is 24.0 Å². The normalized spacial score (nSPS) is 11.0. The van der Waals surface area contributed by atoms with Gasteiger partial charge in [-0.25, -0.2) is 13.9 Å². The minimum absolute atomic E-state index is 0. The number of benzene rings is 1. The number of fused-ring (bicyclic) bond motifs is 1. The van der Waals surface area contributed by atoms with Crippen molar-refractivity contribution in [2.75, 3.05) is 7.11 Å². The maximum atomic E-state index is 12.0. The fraction of sp³-hybridized carbons (Fsp3) is 0.500. The van der Waals surface area contributed by atoms with Gasteiger partial charge in [0.05, 0.1) is 13.7 Å². The van der Waals surface area contributed by atoms with Crippen molar-refractivity contribution >= 4 is 23.0 Å². The topological polar surface area (TPSA) is 99.5 Å². The van der Waals surface area contributed by atoms with Gasteiger partial charge >= 0.3 is 6.09 Å². The zero-order valence-electron chi connectivity index (χ0n) is 16.3. The average molecular weight is 443 g/mol. The number of primary amides is 1. The van der Waals surface area contributed by atoms with Crippen LogP contribution in [-0.2, 0) is 29.2 Å². The third kappa shape index (κ3) is 5.59. The summed E-state index contributed by atoms with van der Waals surface area (Å²) in [5.41, 5.74) is 6.58. The number of amides is 2. The number of carbonyl (C=O) groups is 2. The number of methoxy groups -OCH3 is 1. The lowest BCUT2D eigenvalue weighted by Crippen LogP contribution is -3.00. The lowest BCUT2D eigenvalue weighted by molar-refractivity contribution is -0.667. The number of alkyl carbamates (subject to hydrolysis) is 1. The summed E-state index contributed by atoms with van der Waals surface area (Å²) in [7, 11) is 1.60. The number of hydrogen-bond acceptors (Lipinski definition) is 4. The first-order valence-corrected chi connectivity index (χ1v) is 8.50. The summed E-state index contributed by atoms with van der Waals surface area (Å²) in [6.45, 7) is 8.26. The molecule has 27 heavy (non-hydrogen) atoms. The van der Waals surface area contributed by atoms with Gasteiger partial charge in [0.2, 0.25) is 0 Å². The molecule has 150 valence electrons.